The molecule has 5 rings (SSSR count). The predicted molar refractivity (Wildman–Crippen MR) is 120 cm³/mol. The molecule has 4 aromatic rings. The van der Waals surface area contributed by atoms with Crippen LogP contribution in [0.25, 0.3) is 5.69 Å². The molecule has 2 aromatic heterocycles. The van der Waals surface area contributed by atoms with E-state index in [1.54, 1.807) is 12.3 Å². The summed E-state index contributed by atoms with van der Waals surface area (Å²) >= 11 is 5.75. The molecule has 4 nitrogen and oxygen atoms in total. The van der Waals surface area contributed by atoms with Crippen LogP contribution in [-0.4, -0.2) is 14.7 Å². The van der Waals surface area contributed by atoms with Crippen molar-refractivity contribution in [3.63, 3.8) is 0 Å². The van der Waals surface area contributed by atoms with Gasteiger partial charge in [-0.1, -0.05) is 30.3 Å². The average molecular weight is 415 g/mol. The van der Waals surface area contributed by atoms with Gasteiger partial charge in [0, 0.05) is 29.5 Å². The van der Waals surface area contributed by atoms with Gasteiger partial charge in [-0.25, -0.2) is 4.39 Å². The minimum Gasteiger partial charge on any atom is -0.351 e. The number of aromatic nitrogens is 2. The zero-order valence-electron chi connectivity index (χ0n) is 16.0. The van der Waals surface area contributed by atoms with E-state index in [2.05, 4.69) is 21.3 Å². The minimum absolute atomic E-state index is 0.152. The van der Waals surface area contributed by atoms with Gasteiger partial charge in [0.15, 0.2) is 5.11 Å². The van der Waals surface area contributed by atoms with E-state index in [0.717, 1.165) is 22.8 Å². The number of hydrogen-bond acceptors (Lipinski definition) is 2. The quantitative estimate of drug-likeness (QED) is 0.466. The van der Waals surface area contributed by atoms with Crippen molar-refractivity contribution >= 4 is 23.0 Å². The van der Waals surface area contributed by atoms with Crippen LogP contribution in [-0.2, 0) is 0 Å². The lowest BCUT2D eigenvalue weighted by molar-refractivity contribution is 0.549. The van der Waals surface area contributed by atoms with Crippen molar-refractivity contribution in [2.24, 2.45) is 0 Å². The molecule has 0 unspecified atom stereocenters. The van der Waals surface area contributed by atoms with E-state index in [0.29, 0.717) is 5.11 Å². The predicted octanol–water partition coefficient (Wildman–Crippen LogP) is 5.19. The van der Waals surface area contributed by atoms with E-state index in [1.165, 1.54) is 12.1 Å². The van der Waals surface area contributed by atoms with Crippen molar-refractivity contribution in [2.75, 3.05) is 4.90 Å². The fourth-order valence-electron chi connectivity index (χ4n) is 4.02. The van der Waals surface area contributed by atoms with Crippen LogP contribution in [0, 0.1) is 5.82 Å². The molecule has 0 radical (unpaired) electrons. The number of benzene rings is 2. The summed E-state index contributed by atoms with van der Waals surface area (Å²) in [5.74, 6) is -0.270. The number of hydrogen-bond donors (Lipinski definition) is 1. The Morgan fingerprint density at radius 3 is 2.43 bits per heavy atom. The number of para-hydroxylation sites is 1. The Morgan fingerprint density at radius 1 is 0.867 bits per heavy atom. The Morgan fingerprint density at radius 2 is 1.67 bits per heavy atom. The standard InChI is InChI=1S/C24H19FN4S/c25-17-8-6-11-19(16-17)28-15-7-13-21(28)23-22(20-12-4-5-14-26-20)27-24(30)29(23)18-9-2-1-3-10-18/h1-16,22-23H,(H,27,30)/t22-,23+/m0/s1. The van der Waals surface area contributed by atoms with E-state index in [-0.39, 0.29) is 17.9 Å². The summed E-state index contributed by atoms with van der Waals surface area (Å²) in [6.45, 7) is 0. The second kappa shape index (κ2) is 7.72. The van der Waals surface area contributed by atoms with Crippen LogP contribution in [0.2, 0.25) is 0 Å². The van der Waals surface area contributed by atoms with Gasteiger partial charge in [-0.2, -0.15) is 0 Å². The van der Waals surface area contributed by atoms with Gasteiger partial charge in [0.1, 0.15) is 11.9 Å². The highest BCUT2D eigenvalue weighted by Gasteiger charge is 2.42. The Hall–Kier alpha value is -3.51. The van der Waals surface area contributed by atoms with Gasteiger partial charge < -0.3 is 14.8 Å². The van der Waals surface area contributed by atoms with Crippen molar-refractivity contribution < 1.29 is 4.39 Å². The Labute approximate surface area is 179 Å². The SMILES string of the molecule is Fc1cccc(-n2cccc2[C@@H]2[C@H](c3ccccn3)NC(=S)N2c2ccccc2)c1. The van der Waals surface area contributed by atoms with Gasteiger partial charge in [0.2, 0.25) is 0 Å². The second-order valence-corrected chi connectivity index (χ2v) is 7.50. The first-order valence-corrected chi connectivity index (χ1v) is 10.1. The Kier molecular flexibility index (Phi) is 4.77. The minimum atomic E-state index is -0.270. The highest BCUT2D eigenvalue weighted by Crippen LogP contribution is 2.42. The number of pyridine rings is 1. The van der Waals surface area contributed by atoms with Gasteiger partial charge >= 0.3 is 0 Å². The first-order chi connectivity index (χ1) is 14.7. The van der Waals surface area contributed by atoms with E-state index in [9.17, 15) is 4.39 Å². The van der Waals surface area contributed by atoms with E-state index in [1.807, 2.05) is 71.4 Å². The van der Waals surface area contributed by atoms with E-state index < -0.39 is 0 Å². The molecule has 1 N–H and O–H groups in total. The molecule has 2 aromatic carbocycles. The number of thiocarbonyl (C=S) groups is 1. The summed E-state index contributed by atoms with van der Waals surface area (Å²) in [7, 11) is 0. The maximum absolute atomic E-state index is 13.9. The lowest BCUT2D eigenvalue weighted by Crippen LogP contribution is -2.30. The molecule has 30 heavy (non-hydrogen) atoms. The molecular formula is C24H19FN4S. The monoisotopic (exact) mass is 414 g/mol. The molecule has 0 spiro atoms. The second-order valence-electron chi connectivity index (χ2n) is 7.12. The smallest absolute Gasteiger partial charge is 0.174 e. The molecule has 1 saturated heterocycles. The molecule has 0 bridgehead atoms. The Bertz CT molecular complexity index is 1180. The molecule has 1 aliphatic heterocycles. The van der Waals surface area contributed by atoms with Crippen LogP contribution in [0.15, 0.2) is 97.3 Å². The third-order valence-corrected chi connectivity index (χ3v) is 5.62. The van der Waals surface area contributed by atoms with Crippen molar-refractivity contribution in [2.45, 2.75) is 12.1 Å². The molecule has 0 aliphatic carbocycles. The van der Waals surface area contributed by atoms with Gasteiger partial charge in [0.05, 0.1) is 11.7 Å². The van der Waals surface area contributed by atoms with Crippen LogP contribution >= 0.6 is 12.2 Å². The van der Waals surface area contributed by atoms with Crippen LogP contribution in [0.1, 0.15) is 23.5 Å². The highest BCUT2D eigenvalue weighted by molar-refractivity contribution is 7.80. The number of nitrogens with zero attached hydrogens (tertiary/aromatic N) is 3. The number of nitrogens with one attached hydrogen (secondary N) is 1. The zero-order chi connectivity index (χ0) is 20.5. The third kappa shape index (κ3) is 3.25. The lowest BCUT2D eigenvalue weighted by atomic mass is 10.0. The molecule has 0 amide bonds. The van der Waals surface area contributed by atoms with E-state index >= 15 is 0 Å². The van der Waals surface area contributed by atoms with Gasteiger partial charge in [-0.05, 0) is 66.8 Å². The van der Waals surface area contributed by atoms with Crippen LogP contribution in [0.4, 0.5) is 10.1 Å². The van der Waals surface area contributed by atoms with Crippen molar-refractivity contribution in [1.29, 1.82) is 0 Å². The molecule has 148 valence electrons. The molecule has 1 fully saturated rings. The first-order valence-electron chi connectivity index (χ1n) is 9.71. The van der Waals surface area contributed by atoms with Crippen molar-refractivity contribution in [1.82, 2.24) is 14.9 Å². The summed E-state index contributed by atoms with van der Waals surface area (Å²) < 4.78 is 16.0. The van der Waals surface area contributed by atoms with Crippen molar-refractivity contribution in [3.05, 3.63) is 115 Å². The average Bonchev–Trinajstić information content (AvgIpc) is 3.39. The van der Waals surface area contributed by atoms with Crippen molar-refractivity contribution in [3.8, 4) is 5.69 Å². The maximum atomic E-state index is 13.9. The van der Waals surface area contributed by atoms with Crippen LogP contribution < -0.4 is 10.2 Å². The summed E-state index contributed by atoms with van der Waals surface area (Å²) in [5.41, 5.74) is 3.65. The highest BCUT2D eigenvalue weighted by atomic mass is 32.1. The Balaban J connectivity index is 1.67. The first kappa shape index (κ1) is 18.5. The summed E-state index contributed by atoms with van der Waals surface area (Å²) in [4.78, 5) is 6.69. The fraction of sp³-hybridized carbons (Fsp3) is 0.0833. The topological polar surface area (TPSA) is 33.1 Å². The zero-order valence-corrected chi connectivity index (χ0v) is 16.8. The number of halogens is 1. The molecule has 6 heteroatoms. The molecule has 0 saturated carbocycles. The van der Waals surface area contributed by atoms with Crippen LogP contribution in [0.5, 0.6) is 0 Å². The molecular weight excluding hydrogens is 395 g/mol. The third-order valence-electron chi connectivity index (χ3n) is 5.30. The van der Waals surface area contributed by atoms with Gasteiger partial charge in [-0.3, -0.25) is 4.98 Å². The summed E-state index contributed by atoms with van der Waals surface area (Å²) in [5, 5.41) is 4.09. The number of anilines is 1. The number of rotatable bonds is 4. The fourth-order valence-corrected chi connectivity index (χ4v) is 4.36. The van der Waals surface area contributed by atoms with E-state index in [4.69, 9.17) is 12.2 Å². The summed E-state index contributed by atoms with van der Waals surface area (Å²) in [6.07, 6.45) is 3.73. The summed E-state index contributed by atoms with van der Waals surface area (Å²) in [6, 6.07) is 26.2. The normalized spacial score (nSPS) is 18.4. The largest absolute Gasteiger partial charge is 0.351 e. The molecule has 1 aliphatic rings. The lowest BCUT2D eigenvalue weighted by Gasteiger charge is -2.29. The molecule has 3 heterocycles. The molecule has 2 atom stereocenters. The van der Waals surface area contributed by atoms with Crippen LogP contribution in [0.3, 0.4) is 0 Å². The van der Waals surface area contributed by atoms with Gasteiger partial charge in [-0.15, -0.1) is 0 Å². The maximum Gasteiger partial charge on any atom is 0.174 e. The van der Waals surface area contributed by atoms with Gasteiger partial charge in [0.25, 0.3) is 0 Å².